The molecule has 3 atom stereocenters. The highest BCUT2D eigenvalue weighted by Crippen LogP contribution is 2.15. The summed E-state index contributed by atoms with van der Waals surface area (Å²) >= 11 is 0. The molecule has 1 fully saturated rings. The molecule has 5 heteroatoms. The minimum atomic E-state index is -0.294. The Labute approximate surface area is 112 Å². The van der Waals surface area contributed by atoms with Crippen molar-refractivity contribution in [1.29, 1.82) is 0 Å². The van der Waals surface area contributed by atoms with Crippen LogP contribution in [0, 0.1) is 5.82 Å². The molecule has 1 aromatic carbocycles. The van der Waals surface area contributed by atoms with Crippen LogP contribution in [0.4, 0.5) is 4.39 Å². The maximum absolute atomic E-state index is 13.1. The van der Waals surface area contributed by atoms with Crippen LogP contribution in [0.5, 0.6) is 0 Å². The number of ether oxygens (including phenoxy) is 1. The van der Waals surface area contributed by atoms with E-state index in [9.17, 15) is 9.18 Å². The molecule has 1 aliphatic heterocycles. The first-order valence-corrected chi connectivity index (χ1v) is 6.42. The van der Waals surface area contributed by atoms with E-state index in [2.05, 4.69) is 10.6 Å². The van der Waals surface area contributed by atoms with Crippen molar-refractivity contribution in [1.82, 2.24) is 10.6 Å². The molecule has 19 heavy (non-hydrogen) atoms. The second-order valence-electron chi connectivity index (χ2n) is 4.84. The van der Waals surface area contributed by atoms with E-state index in [0.29, 0.717) is 13.0 Å². The minimum absolute atomic E-state index is 0.0729. The first-order chi connectivity index (χ1) is 9.10. The molecule has 1 heterocycles. The highest BCUT2D eigenvalue weighted by molar-refractivity contribution is 5.82. The maximum Gasteiger partial charge on any atom is 0.237 e. The summed E-state index contributed by atoms with van der Waals surface area (Å²) in [6.07, 6.45) is 0.748. The summed E-state index contributed by atoms with van der Waals surface area (Å²) in [4.78, 5) is 12.1. The molecule has 1 aliphatic rings. The predicted octanol–water partition coefficient (Wildman–Crippen LogP) is 1.38. The lowest BCUT2D eigenvalue weighted by Gasteiger charge is -2.17. The van der Waals surface area contributed by atoms with Gasteiger partial charge in [-0.05, 0) is 31.0 Å². The monoisotopic (exact) mass is 266 g/mol. The predicted molar refractivity (Wildman–Crippen MR) is 70.2 cm³/mol. The Bertz CT molecular complexity index is 453. The Balaban J connectivity index is 1.92. The van der Waals surface area contributed by atoms with Gasteiger partial charge >= 0.3 is 0 Å². The molecule has 2 rings (SSSR count). The second-order valence-corrected chi connectivity index (χ2v) is 4.84. The van der Waals surface area contributed by atoms with Crippen molar-refractivity contribution >= 4 is 5.91 Å². The molecular formula is C14H19FN2O2. The molecule has 0 bridgehead atoms. The minimum Gasteiger partial charge on any atom is -0.380 e. The van der Waals surface area contributed by atoms with Gasteiger partial charge in [0.15, 0.2) is 0 Å². The Hall–Kier alpha value is -1.46. The van der Waals surface area contributed by atoms with E-state index in [1.165, 1.54) is 12.1 Å². The van der Waals surface area contributed by atoms with Crippen molar-refractivity contribution in [3.63, 3.8) is 0 Å². The van der Waals surface area contributed by atoms with Gasteiger partial charge < -0.3 is 15.4 Å². The van der Waals surface area contributed by atoms with Gasteiger partial charge in [-0.15, -0.1) is 0 Å². The van der Waals surface area contributed by atoms with Crippen LogP contribution in [0.1, 0.15) is 24.9 Å². The second kappa shape index (κ2) is 6.12. The summed E-state index contributed by atoms with van der Waals surface area (Å²) in [5.41, 5.74) is 0.759. The Morgan fingerprint density at radius 1 is 1.58 bits per heavy atom. The largest absolute Gasteiger partial charge is 0.380 e. The number of hydrogen-bond acceptors (Lipinski definition) is 3. The Morgan fingerprint density at radius 2 is 2.37 bits per heavy atom. The SMILES string of the molecule is COC1CNC(C(=O)NC(C)c2cccc(F)c2)C1. The lowest BCUT2D eigenvalue weighted by Crippen LogP contribution is -2.41. The van der Waals surface area contributed by atoms with Gasteiger partial charge in [0.25, 0.3) is 0 Å². The van der Waals surface area contributed by atoms with Crippen LogP contribution < -0.4 is 10.6 Å². The molecule has 1 aromatic rings. The summed E-state index contributed by atoms with van der Waals surface area (Å²) < 4.78 is 18.3. The van der Waals surface area contributed by atoms with Crippen LogP contribution in [0.3, 0.4) is 0 Å². The molecular weight excluding hydrogens is 247 g/mol. The smallest absolute Gasteiger partial charge is 0.237 e. The zero-order valence-corrected chi connectivity index (χ0v) is 11.2. The molecule has 0 saturated carbocycles. The summed E-state index contributed by atoms with van der Waals surface area (Å²) in [5.74, 6) is -0.367. The van der Waals surface area contributed by atoms with E-state index in [0.717, 1.165) is 5.56 Å². The van der Waals surface area contributed by atoms with E-state index >= 15 is 0 Å². The van der Waals surface area contributed by atoms with E-state index in [-0.39, 0.29) is 29.9 Å². The van der Waals surface area contributed by atoms with Crippen molar-refractivity contribution in [2.24, 2.45) is 0 Å². The van der Waals surface area contributed by atoms with Crippen LogP contribution in [0.15, 0.2) is 24.3 Å². The van der Waals surface area contributed by atoms with Crippen LogP contribution in [-0.4, -0.2) is 31.7 Å². The zero-order valence-electron chi connectivity index (χ0n) is 11.2. The normalized spacial score (nSPS) is 24.2. The van der Waals surface area contributed by atoms with Crippen LogP contribution in [0.2, 0.25) is 0 Å². The fourth-order valence-electron chi connectivity index (χ4n) is 2.26. The highest BCUT2D eigenvalue weighted by atomic mass is 19.1. The third-order valence-electron chi connectivity index (χ3n) is 3.45. The lowest BCUT2D eigenvalue weighted by atomic mass is 10.1. The molecule has 0 spiro atoms. The molecule has 104 valence electrons. The van der Waals surface area contributed by atoms with Gasteiger partial charge in [-0.2, -0.15) is 0 Å². The highest BCUT2D eigenvalue weighted by Gasteiger charge is 2.29. The van der Waals surface area contributed by atoms with Crippen LogP contribution >= 0.6 is 0 Å². The molecule has 3 unspecified atom stereocenters. The van der Waals surface area contributed by atoms with E-state index in [4.69, 9.17) is 4.74 Å². The first kappa shape index (κ1) is 14.0. The molecule has 1 saturated heterocycles. The standard InChI is InChI=1S/C14H19FN2O2/c1-9(10-4-3-5-11(15)6-10)17-14(18)13-7-12(19-2)8-16-13/h3-6,9,12-13,16H,7-8H2,1-2H3,(H,17,18). The first-order valence-electron chi connectivity index (χ1n) is 6.42. The number of benzene rings is 1. The van der Waals surface area contributed by atoms with E-state index < -0.39 is 0 Å². The maximum atomic E-state index is 13.1. The fourth-order valence-corrected chi connectivity index (χ4v) is 2.26. The Morgan fingerprint density at radius 3 is 3.00 bits per heavy atom. The number of nitrogens with one attached hydrogen (secondary N) is 2. The van der Waals surface area contributed by atoms with Gasteiger partial charge in [0.1, 0.15) is 5.82 Å². The molecule has 0 radical (unpaired) electrons. The number of rotatable bonds is 4. The lowest BCUT2D eigenvalue weighted by molar-refractivity contribution is -0.123. The number of carbonyl (C=O) groups is 1. The van der Waals surface area contributed by atoms with Gasteiger partial charge in [0.05, 0.1) is 18.2 Å². The van der Waals surface area contributed by atoms with Crippen molar-refractivity contribution in [3.05, 3.63) is 35.6 Å². The molecule has 0 aromatic heterocycles. The van der Waals surface area contributed by atoms with Gasteiger partial charge in [-0.25, -0.2) is 4.39 Å². The van der Waals surface area contributed by atoms with Gasteiger partial charge in [0, 0.05) is 13.7 Å². The Kier molecular flexibility index (Phi) is 4.50. The van der Waals surface area contributed by atoms with Crippen molar-refractivity contribution in [2.45, 2.75) is 31.5 Å². The number of hydrogen-bond donors (Lipinski definition) is 2. The third-order valence-corrected chi connectivity index (χ3v) is 3.45. The molecule has 0 aliphatic carbocycles. The summed E-state index contributed by atoms with van der Waals surface area (Å²) in [7, 11) is 1.64. The summed E-state index contributed by atoms with van der Waals surface area (Å²) in [6.45, 7) is 2.53. The average Bonchev–Trinajstić information content (AvgIpc) is 2.87. The average molecular weight is 266 g/mol. The van der Waals surface area contributed by atoms with Crippen molar-refractivity contribution in [2.75, 3.05) is 13.7 Å². The number of amides is 1. The molecule has 4 nitrogen and oxygen atoms in total. The quantitative estimate of drug-likeness (QED) is 0.865. The number of carbonyl (C=O) groups excluding carboxylic acids is 1. The van der Waals surface area contributed by atoms with Crippen LogP contribution in [0.25, 0.3) is 0 Å². The van der Waals surface area contributed by atoms with E-state index in [1.807, 2.05) is 6.92 Å². The van der Waals surface area contributed by atoms with Gasteiger partial charge in [-0.1, -0.05) is 12.1 Å². The van der Waals surface area contributed by atoms with Crippen molar-refractivity contribution in [3.8, 4) is 0 Å². The molecule has 1 amide bonds. The fraction of sp³-hybridized carbons (Fsp3) is 0.500. The number of methoxy groups -OCH3 is 1. The zero-order chi connectivity index (χ0) is 13.8. The third kappa shape index (κ3) is 3.52. The van der Waals surface area contributed by atoms with E-state index in [1.54, 1.807) is 19.2 Å². The van der Waals surface area contributed by atoms with Gasteiger partial charge in [-0.3, -0.25) is 4.79 Å². The summed E-state index contributed by atoms with van der Waals surface area (Å²) in [6, 6.07) is 5.81. The molecule has 2 N–H and O–H groups in total. The van der Waals surface area contributed by atoms with Gasteiger partial charge in [0.2, 0.25) is 5.91 Å². The summed E-state index contributed by atoms with van der Waals surface area (Å²) in [5, 5.41) is 6.00. The van der Waals surface area contributed by atoms with Crippen LogP contribution in [-0.2, 0) is 9.53 Å². The number of halogens is 1. The topological polar surface area (TPSA) is 50.4 Å². The van der Waals surface area contributed by atoms with Crippen molar-refractivity contribution < 1.29 is 13.9 Å².